The van der Waals surface area contributed by atoms with Gasteiger partial charge in [0.15, 0.2) is 5.75 Å². The van der Waals surface area contributed by atoms with Crippen LogP contribution in [-0.2, 0) is 6.54 Å². The van der Waals surface area contributed by atoms with Crippen molar-refractivity contribution in [2.45, 2.75) is 18.2 Å². The third kappa shape index (κ3) is 2.06. The largest absolute Gasteiger partial charge is 0.454 e. The standard InChI is InChI=1S/C18H14N2OS/c1-2-4-17-15(3-1)19-9-12-5-14-11(6-18(12)21-17)8-20-16(14)7-13-10-22-13/h1-6,9,13H,7-8,10H2. The maximum Gasteiger partial charge on any atom is 0.153 e. The maximum absolute atomic E-state index is 6.08. The van der Waals surface area contributed by atoms with E-state index in [1.54, 1.807) is 0 Å². The molecule has 0 aromatic heterocycles. The van der Waals surface area contributed by atoms with Crippen LogP contribution in [0.3, 0.4) is 0 Å². The second kappa shape index (κ2) is 4.71. The van der Waals surface area contributed by atoms with Gasteiger partial charge < -0.3 is 4.74 Å². The fraction of sp³-hybridized carbons (Fsp3) is 0.222. The molecule has 4 heteroatoms. The molecular weight excluding hydrogens is 292 g/mol. The molecule has 22 heavy (non-hydrogen) atoms. The molecule has 0 bridgehead atoms. The van der Waals surface area contributed by atoms with E-state index < -0.39 is 0 Å². The number of para-hydroxylation sites is 2. The lowest BCUT2D eigenvalue weighted by atomic mass is 9.99. The van der Waals surface area contributed by atoms with Crippen LogP contribution >= 0.6 is 11.8 Å². The number of ether oxygens (including phenoxy) is 1. The van der Waals surface area contributed by atoms with Crippen LogP contribution in [0.2, 0.25) is 0 Å². The lowest BCUT2D eigenvalue weighted by Crippen LogP contribution is -2.03. The van der Waals surface area contributed by atoms with Crippen molar-refractivity contribution in [2.75, 3.05) is 5.75 Å². The van der Waals surface area contributed by atoms with Gasteiger partial charge in [-0.15, -0.1) is 0 Å². The molecular formula is C18H14N2OS. The highest BCUT2D eigenvalue weighted by Crippen LogP contribution is 2.40. The van der Waals surface area contributed by atoms with E-state index in [-0.39, 0.29) is 0 Å². The first-order chi connectivity index (χ1) is 10.9. The Kier molecular flexibility index (Phi) is 2.67. The molecule has 0 saturated carbocycles. The Hall–Kier alpha value is -2.07. The Morgan fingerprint density at radius 1 is 1.18 bits per heavy atom. The molecule has 0 spiro atoms. The summed E-state index contributed by atoms with van der Waals surface area (Å²) in [5, 5.41) is 0.776. The van der Waals surface area contributed by atoms with Crippen LogP contribution in [0.4, 0.5) is 5.69 Å². The molecule has 1 saturated heterocycles. The predicted molar refractivity (Wildman–Crippen MR) is 91.3 cm³/mol. The second-order valence-corrected chi connectivity index (χ2v) is 7.13. The van der Waals surface area contributed by atoms with Crippen LogP contribution in [0, 0.1) is 0 Å². The summed E-state index contributed by atoms with van der Waals surface area (Å²) in [4.78, 5) is 9.28. The van der Waals surface area contributed by atoms with Gasteiger partial charge in [-0.05, 0) is 29.8 Å². The maximum atomic E-state index is 6.08. The quantitative estimate of drug-likeness (QED) is 0.660. The SMILES string of the molecule is C1=Nc2ccccc2Oc2cc3c(cc21)C(CC1CS1)=NC3. The molecule has 108 valence electrons. The smallest absolute Gasteiger partial charge is 0.153 e. The molecule has 0 N–H and O–H groups in total. The van der Waals surface area contributed by atoms with Crippen LogP contribution in [0.1, 0.15) is 23.1 Å². The summed E-state index contributed by atoms with van der Waals surface area (Å²) in [6, 6.07) is 12.2. The molecule has 5 rings (SSSR count). The van der Waals surface area contributed by atoms with Crippen LogP contribution in [0.15, 0.2) is 46.4 Å². The Bertz CT molecular complexity index is 837. The average Bonchev–Trinajstić information content (AvgIpc) is 3.30. The second-order valence-electron chi connectivity index (χ2n) is 5.80. The summed E-state index contributed by atoms with van der Waals surface area (Å²) >= 11 is 2.02. The van der Waals surface area contributed by atoms with Crippen LogP contribution in [0.25, 0.3) is 0 Å². The number of thioether (sulfide) groups is 1. The van der Waals surface area contributed by atoms with E-state index in [1.165, 1.54) is 22.6 Å². The minimum atomic E-state index is 0.775. The van der Waals surface area contributed by atoms with E-state index in [0.717, 1.165) is 41.0 Å². The van der Waals surface area contributed by atoms with Crippen LogP contribution in [0.5, 0.6) is 11.5 Å². The first kappa shape index (κ1) is 12.5. The topological polar surface area (TPSA) is 34.0 Å². The highest BCUT2D eigenvalue weighted by atomic mass is 32.2. The fourth-order valence-electron chi connectivity index (χ4n) is 2.98. The first-order valence-electron chi connectivity index (χ1n) is 7.50. The van der Waals surface area contributed by atoms with Crippen molar-refractivity contribution in [3.8, 4) is 11.5 Å². The number of rotatable bonds is 2. The highest BCUT2D eigenvalue weighted by Gasteiger charge is 2.28. The van der Waals surface area contributed by atoms with Crippen molar-refractivity contribution in [1.82, 2.24) is 0 Å². The number of hydrogen-bond donors (Lipinski definition) is 0. The lowest BCUT2D eigenvalue weighted by Gasteiger charge is -2.10. The molecule has 3 nitrogen and oxygen atoms in total. The number of fused-ring (bicyclic) bond motifs is 3. The molecule has 3 aliphatic heterocycles. The van der Waals surface area contributed by atoms with Gasteiger partial charge in [0.25, 0.3) is 0 Å². The van der Waals surface area contributed by atoms with Gasteiger partial charge in [0.1, 0.15) is 11.4 Å². The number of aliphatic imine (C=N–C) groups is 2. The molecule has 1 fully saturated rings. The zero-order valence-electron chi connectivity index (χ0n) is 12.0. The van der Waals surface area contributed by atoms with Gasteiger partial charge in [0.2, 0.25) is 0 Å². The Morgan fingerprint density at radius 2 is 2.09 bits per heavy atom. The zero-order valence-corrected chi connectivity index (χ0v) is 12.8. The summed E-state index contributed by atoms with van der Waals surface area (Å²) in [5.41, 5.74) is 5.72. The average molecular weight is 306 g/mol. The Morgan fingerprint density at radius 3 is 3.00 bits per heavy atom. The first-order valence-corrected chi connectivity index (χ1v) is 8.55. The predicted octanol–water partition coefficient (Wildman–Crippen LogP) is 4.35. The number of nitrogens with zero attached hydrogens (tertiary/aromatic N) is 2. The van der Waals surface area contributed by atoms with Crippen molar-refractivity contribution in [2.24, 2.45) is 9.98 Å². The summed E-state index contributed by atoms with van der Waals surface area (Å²) in [5.74, 6) is 2.97. The van der Waals surface area contributed by atoms with E-state index in [4.69, 9.17) is 9.73 Å². The van der Waals surface area contributed by atoms with E-state index in [0.29, 0.717) is 0 Å². The van der Waals surface area contributed by atoms with Crippen molar-refractivity contribution < 1.29 is 4.74 Å². The van der Waals surface area contributed by atoms with E-state index >= 15 is 0 Å². The van der Waals surface area contributed by atoms with Gasteiger partial charge in [0.05, 0.1) is 6.54 Å². The molecule has 0 aliphatic carbocycles. The van der Waals surface area contributed by atoms with Gasteiger partial charge in [-0.2, -0.15) is 11.8 Å². The van der Waals surface area contributed by atoms with Gasteiger partial charge in [-0.25, -0.2) is 0 Å². The molecule has 3 aliphatic rings. The van der Waals surface area contributed by atoms with Crippen molar-refractivity contribution in [3.05, 3.63) is 53.1 Å². The van der Waals surface area contributed by atoms with E-state index in [1.807, 2.05) is 42.2 Å². The Balaban J connectivity index is 1.57. The monoisotopic (exact) mass is 306 g/mol. The van der Waals surface area contributed by atoms with Gasteiger partial charge in [0, 0.05) is 40.5 Å². The molecule has 2 aromatic rings. The third-order valence-electron chi connectivity index (χ3n) is 4.24. The Labute approximate surface area is 133 Å². The van der Waals surface area contributed by atoms with Crippen molar-refractivity contribution in [1.29, 1.82) is 0 Å². The summed E-state index contributed by atoms with van der Waals surface area (Å²) in [6.07, 6.45) is 3.00. The third-order valence-corrected chi connectivity index (χ3v) is 5.21. The summed E-state index contributed by atoms with van der Waals surface area (Å²) < 4.78 is 6.08. The van der Waals surface area contributed by atoms with E-state index in [2.05, 4.69) is 17.1 Å². The zero-order chi connectivity index (χ0) is 14.5. The highest BCUT2D eigenvalue weighted by molar-refractivity contribution is 8.06. The molecule has 1 unspecified atom stereocenters. The van der Waals surface area contributed by atoms with Gasteiger partial charge in [-0.1, -0.05) is 12.1 Å². The normalized spacial score (nSPS) is 20.4. The molecule has 3 heterocycles. The van der Waals surface area contributed by atoms with E-state index in [9.17, 15) is 0 Å². The molecule has 1 atom stereocenters. The van der Waals surface area contributed by atoms with Crippen molar-refractivity contribution in [3.63, 3.8) is 0 Å². The molecule has 0 amide bonds. The molecule has 0 radical (unpaired) electrons. The van der Waals surface area contributed by atoms with Crippen LogP contribution < -0.4 is 4.74 Å². The number of benzene rings is 2. The minimum Gasteiger partial charge on any atom is -0.454 e. The summed E-state index contributed by atoms with van der Waals surface area (Å²) in [7, 11) is 0. The van der Waals surface area contributed by atoms with Crippen LogP contribution in [-0.4, -0.2) is 22.9 Å². The van der Waals surface area contributed by atoms with Gasteiger partial charge in [-0.3, -0.25) is 9.98 Å². The molecule has 2 aromatic carbocycles. The minimum absolute atomic E-state index is 0.775. The summed E-state index contributed by atoms with van der Waals surface area (Å²) in [6.45, 7) is 0.775. The fourth-order valence-corrected chi connectivity index (χ4v) is 3.51. The lowest BCUT2D eigenvalue weighted by molar-refractivity contribution is 0.484. The number of hydrogen-bond acceptors (Lipinski definition) is 4. The van der Waals surface area contributed by atoms with Gasteiger partial charge >= 0.3 is 0 Å². The van der Waals surface area contributed by atoms with Crippen molar-refractivity contribution >= 4 is 29.4 Å².